The second kappa shape index (κ2) is 7.40. The summed E-state index contributed by atoms with van der Waals surface area (Å²) in [5, 5.41) is 7.73. The second-order valence-electron chi connectivity index (χ2n) is 6.18. The molecule has 5 nitrogen and oxygen atoms in total. The monoisotopic (exact) mass is 356 g/mol. The minimum Gasteiger partial charge on any atom is -0.380 e. The van der Waals surface area contributed by atoms with E-state index in [1.807, 2.05) is 19.0 Å². The summed E-state index contributed by atoms with van der Waals surface area (Å²) in [6.07, 6.45) is 6.95. The maximum Gasteiger partial charge on any atom is 0.283 e. The molecule has 0 aromatic carbocycles. The number of aromatic nitrogens is 2. The van der Waals surface area contributed by atoms with Crippen molar-refractivity contribution in [1.82, 2.24) is 14.7 Å². The molecule has 0 saturated heterocycles. The number of hydrogen-bond acceptors (Lipinski definition) is 4. The minimum absolute atomic E-state index is 0.0690. The number of nitrogens with zero attached hydrogens (tertiary/aromatic N) is 3. The lowest BCUT2D eigenvalue weighted by Gasteiger charge is -2.22. The predicted octanol–water partition coefficient (Wildman–Crippen LogP) is 2.56. The van der Waals surface area contributed by atoms with Crippen LogP contribution in [0.5, 0.6) is 0 Å². The van der Waals surface area contributed by atoms with E-state index >= 15 is 0 Å². The summed E-state index contributed by atoms with van der Waals surface area (Å²) in [5.74, 6) is 0.702. The molecule has 1 N–H and O–H groups in total. The SMILES string of the molecule is CC(Nc1cnn(CCN(C)C)c(=O)c1Br)C1CCCC1. The van der Waals surface area contributed by atoms with Gasteiger partial charge in [-0.2, -0.15) is 5.10 Å². The number of nitrogens with one attached hydrogen (secondary N) is 1. The molecule has 1 aliphatic rings. The fraction of sp³-hybridized carbons (Fsp3) is 0.733. The largest absolute Gasteiger partial charge is 0.380 e. The minimum atomic E-state index is -0.0690. The summed E-state index contributed by atoms with van der Waals surface area (Å²) in [6.45, 7) is 3.59. The van der Waals surface area contributed by atoms with E-state index in [1.165, 1.54) is 30.4 Å². The van der Waals surface area contributed by atoms with Gasteiger partial charge in [0, 0.05) is 12.6 Å². The van der Waals surface area contributed by atoms with Crippen molar-refractivity contribution in [2.45, 2.75) is 45.2 Å². The van der Waals surface area contributed by atoms with Crippen LogP contribution in [0.3, 0.4) is 0 Å². The third-order valence-electron chi connectivity index (χ3n) is 4.23. The lowest BCUT2D eigenvalue weighted by molar-refractivity contribution is 0.367. The van der Waals surface area contributed by atoms with Crippen LogP contribution < -0.4 is 10.9 Å². The molecule has 1 saturated carbocycles. The molecule has 1 heterocycles. The van der Waals surface area contributed by atoms with Gasteiger partial charge in [-0.1, -0.05) is 12.8 Å². The molecule has 21 heavy (non-hydrogen) atoms. The third kappa shape index (κ3) is 4.30. The maximum absolute atomic E-state index is 12.3. The van der Waals surface area contributed by atoms with E-state index < -0.39 is 0 Å². The van der Waals surface area contributed by atoms with Crippen LogP contribution in [0.1, 0.15) is 32.6 Å². The lowest BCUT2D eigenvalue weighted by Crippen LogP contribution is -2.31. The van der Waals surface area contributed by atoms with Gasteiger partial charge < -0.3 is 10.2 Å². The molecule has 1 atom stereocenters. The van der Waals surface area contributed by atoms with Crippen molar-refractivity contribution >= 4 is 21.6 Å². The normalized spacial score (nSPS) is 17.4. The predicted molar refractivity (Wildman–Crippen MR) is 89.8 cm³/mol. The maximum atomic E-state index is 12.3. The van der Waals surface area contributed by atoms with Crippen molar-refractivity contribution in [2.24, 2.45) is 5.92 Å². The molecule has 1 aromatic heterocycles. The van der Waals surface area contributed by atoms with E-state index in [9.17, 15) is 4.79 Å². The molecular formula is C15H25BrN4O. The van der Waals surface area contributed by atoms with Gasteiger partial charge in [-0.05, 0) is 55.7 Å². The van der Waals surface area contributed by atoms with Crippen LogP contribution in [0.25, 0.3) is 0 Å². The van der Waals surface area contributed by atoms with Crippen molar-refractivity contribution in [3.63, 3.8) is 0 Å². The molecule has 1 fully saturated rings. The van der Waals surface area contributed by atoms with Crippen LogP contribution in [-0.4, -0.2) is 41.4 Å². The van der Waals surface area contributed by atoms with Gasteiger partial charge in [0.25, 0.3) is 5.56 Å². The Morgan fingerprint density at radius 3 is 2.76 bits per heavy atom. The van der Waals surface area contributed by atoms with Crippen molar-refractivity contribution in [2.75, 3.05) is 26.0 Å². The molecule has 0 spiro atoms. The van der Waals surface area contributed by atoms with Gasteiger partial charge in [0.2, 0.25) is 0 Å². The van der Waals surface area contributed by atoms with Crippen LogP contribution in [0, 0.1) is 5.92 Å². The fourth-order valence-electron chi connectivity index (χ4n) is 2.84. The van der Waals surface area contributed by atoms with Crippen molar-refractivity contribution in [1.29, 1.82) is 0 Å². The summed E-state index contributed by atoms with van der Waals surface area (Å²) >= 11 is 3.43. The van der Waals surface area contributed by atoms with Gasteiger partial charge >= 0.3 is 0 Å². The van der Waals surface area contributed by atoms with Gasteiger partial charge in [-0.25, -0.2) is 4.68 Å². The van der Waals surface area contributed by atoms with E-state index in [0.29, 0.717) is 23.0 Å². The molecule has 118 valence electrons. The van der Waals surface area contributed by atoms with E-state index in [0.717, 1.165) is 12.2 Å². The quantitative estimate of drug-likeness (QED) is 0.850. The Balaban J connectivity index is 2.07. The van der Waals surface area contributed by atoms with Gasteiger partial charge in [-0.15, -0.1) is 0 Å². The molecule has 2 rings (SSSR count). The topological polar surface area (TPSA) is 50.2 Å². The first kappa shape index (κ1) is 16.5. The Kier molecular flexibility index (Phi) is 5.81. The van der Waals surface area contributed by atoms with Gasteiger partial charge in [0.1, 0.15) is 4.47 Å². The molecule has 0 radical (unpaired) electrons. The molecule has 0 bridgehead atoms. The molecular weight excluding hydrogens is 332 g/mol. The van der Waals surface area contributed by atoms with Crippen LogP contribution >= 0.6 is 15.9 Å². The summed E-state index contributed by atoms with van der Waals surface area (Å²) in [4.78, 5) is 14.3. The van der Waals surface area contributed by atoms with Crippen LogP contribution in [-0.2, 0) is 6.54 Å². The number of halogens is 1. The third-order valence-corrected chi connectivity index (χ3v) is 5.00. The standard InChI is InChI=1S/C15H25BrN4O/c1-11(12-6-4-5-7-12)18-13-10-17-20(9-8-19(2)3)15(21)14(13)16/h10-12,18H,4-9H2,1-3H3. The first-order valence-electron chi connectivity index (χ1n) is 7.66. The zero-order chi connectivity index (χ0) is 15.4. The number of hydrogen-bond donors (Lipinski definition) is 1. The highest BCUT2D eigenvalue weighted by molar-refractivity contribution is 9.10. The summed E-state index contributed by atoms with van der Waals surface area (Å²) in [6, 6.07) is 0.377. The highest BCUT2D eigenvalue weighted by Crippen LogP contribution is 2.30. The average molecular weight is 357 g/mol. The molecule has 1 aromatic rings. The van der Waals surface area contributed by atoms with E-state index in [2.05, 4.69) is 33.3 Å². The van der Waals surface area contributed by atoms with E-state index in [-0.39, 0.29) is 5.56 Å². The van der Waals surface area contributed by atoms with Crippen molar-refractivity contribution in [3.05, 3.63) is 21.0 Å². The number of rotatable bonds is 6. The first-order chi connectivity index (χ1) is 9.99. The Bertz CT molecular complexity index is 523. The van der Waals surface area contributed by atoms with Crippen LogP contribution in [0.2, 0.25) is 0 Å². The van der Waals surface area contributed by atoms with Crippen LogP contribution in [0.4, 0.5) is 5.69 Å². The second-order valence-corrected chi connectivity index (χ2v) is 6.97. The zero-order valence-electron chi connectivity index (χ0n) is 13.1. The highest BCUT2D eigenvalue weighted by atomic mass is 79.9. The number of anilines is 1. The summed E-state index contributed by atoms with van der Waals surface area (Å²) in [7, 11) is 3.97. The smallest absolute Gasteiger partial charge is 0.283 e. The zero-order valence-corrected chi connectivity index (χ0v) is 14.7. The Morgan fingerprint density at radius 2 is 2.14 bits per heavy atom. The number of likely N-dealkylation sites (N-methyl/N-ethyl adjacent to an activating group) is 1. The van der Waals surface area contributed by atoms with Crippen molar-refractivity contribution < 1.29 is 0 Å². The van der Waals surface area contributed by atoms with Gasteiger partial charge in [0.15, 0.2) is 0 Å². The summed E-state index contributed by atoms with van der Waals surface area (Å²) in [5.41, 5.74) is 0.737. The molecule has 0 amide bonds. The van der Waals surface area contributed by atoms with Crippen LogP contribution in [0.15, 0.2) is 15.5 Å². The molecule has 0 aliphatic heterocycles. The Morgan fingerprint density at radius 1 is 1.48 bits per heavy atom. The van der Waals surface area contributed by atoms with Gasteiger partial charge in [-0.3, -0.25) is 4.79 Å². The Labute approximate surface area is 134 Å². The van der Waals surface area contributed by atoms with E-state index in [4.69, 9.17) is 0 Å². The molecule has 1 unspecified atom stereocenters. The molecule has 6 heteroatoms. The van der Waals surface area contributed by atoms with Gasteiger partial charge in [0.05, 0.1) is 18.4 Å². The summed E-state index contributed by atoms with van der Waals surface area (Å²) < 4.78 is 2.09. The van der Waals surface area contributed by atoms with E-state index in [1.54, 1.807) is 6.20 Å². The van der Waals surface area contributed by atoms with Crippen molar-refractivity contribution in [3.8, 4) is 0 Å². The first-order valence-corrected chi connectivity index (χ1v) is 8.45. The average Bonchev–Trinajstić information content (AvgIpc) is 2.97. The lowest BCUT2D eigenvalue weighted by atomic mass is 10.00. The fourth-order valence-corrected chi connectivity index (χ4v) is 3.26. The highest BCUT2D eigenvalue weighted by Gasteiger charge is 2.22. The molecule has 1 aliphatic carbocycles. The Hall–Kier alpha value is -0.880.